The van der Waals surface area contributed by atoms with Gasteiger partial charge in [0.1, 0.15) is 17.7 Å². The van der Waals surface area contributed by atoms with Gasteiger partial charge in [0.25, 0.3) is 0 Å². The molecule has 0 radical (unpaired) electrons. The minimum atomic E-state index is -0.759. The number of aromatic nitrogens is 1. The summed E-state index contributed by atoms with van der Waals surface area (Å²) in [5, 5.41) is 13.0. The molecular weight excluding hydrogens is 368 g/mol. The molecule has 0 spiro atoms. The van der Waals surface area contributed by atoms with Crippen molar-refractivity contribution in [2.24, 2.45) is 0 Å². The van der Waals surface area contributed by atoms with Crippen LogP contribution in [0.25, 0.3) is 0 Å². The molecule has 1 aromatic heterocycles. The van der Waals surface area contributed by atoms with Gasteiger partial charge < -0.3 is 20.8 Å². The summed E-state index contributed by atoms with van der Waals surface area (Å²) in [5.41, 5.74) is 0.317. The number of rotatable bonds is 5. The lowest BCUT2D eigenvalue weighted by atomic mass is 10.1. The van der Waals surface area contributed by atoms with E-state index in [2.05, 4.69) is 32.2 Å². The number of hydrogen-bond acceptors (Lipinski definition) is 6. The van der Waals surface area contributed by atoms with Gasteiger partial charge in [-0.05, 0) is 54.3 Å². The molecule has 1 unspecified atom stereocenters. The van der Waals surface area contributed by atoms with E-state index in [1.54, 1.807) is 36.8 Å². The number of halogens is 2. The summed E-state index contributed by atoms with van der Waals surface area (Å²) >= 11 is 1.17. The summed E-state index contributed by atoms with van der Waals surface area (Å²) < 4.78 is 31.5. The number of nitrogens with one attached hydrogen (secondary N) is 4. The molecule has 8 heteroatoms. The van der Waals surface area contributed by atoms with Crippen molar-refractivity contribution in [1.29, 1.82) is 5.41 Å². The maximum absolute atomic E-state index is 14.6. The first-order chi connectivity index (χ1) is 13.2. The molecule has 4 N–H and O–H groups in total. The lowest BCUT2D eigenvalue weighted by molar-refractivity contribution is 0.580. The molecule has 1 aliphatic heterocycles. The molecule has 0 saturated carbocycles. The fraction of sp³-hybridized carbons (Fsp3) is 0.0526. The number of hydrogen-bond donors (Lipinski definition) is 4. The average molecular weight is 383 g/mol. The van der Waals surface area contributed by atoms with Gasteiger partial charge in [-0.25, -0.2) is 8.78 Å². The Kier molecular flexibility index (Phi) is 6.07. The topological polar surface area (TPSA) is 72.8 Å². The van der Waals surface area contributed by atoms with E-state index in [0.717, 1.165) is 11.1 Å². The number of anilines is 1. The Hall–Kier alpha value is -3.31. The zero-order chi connectivity index (χ0) is 19.1. The number of pyridine rings is 1. The predicted molar refractivity (Wildman–Crippen MR) is 103 cm³/mol. The van der Waals surface area contributed by atoms with Crippen LogP contribution in [0, 0.1) is 28.9 Å². The van der Waals surface area contributed by atoms with Crippen LogP contribution in [-0.2, 0) is 0 Å². The van der Waals surface area contributed by atoms with Crippen LogP contribution < -0.4 is 15.4 Å². The van der Waals surface area contributed by atoms with Gasteiger partial charge in [-0.15, -0.1) is 0 Å². The van der Waals surface area contributed by atoms with Crippen LogP contribution in [0.3, 0.4) is 0 Å². The van der Waals surface area contributed by atoms with Crippen molar-refractivity contribution in [3.05, 3.63) is 77.9 Å². The maximum atomic E-state index is 14.6. The molecule has 5 nitrogen and oxygen atoms in total. The highest BCUT2D eigenvalue weighted by Gasteiger charge is 2.13. The van der Waals surface area contributed by atoms with Gasteiger partial charge in [-0.2, -0.15) is 0 Å². The second kappa shape index (κ2) is 8.87. The Morgan fingerprint density at radius 1 is 1.26 bits per heavy atom. The first-order valence-corrected chi connectivity index (χ1v) is 8.72. The molecule has 3 rings (SSSR count). The molecule has 0 fully saturated rings. The van der Waals surface area contributed by atoms with Crippen molar-refractivity contribution in [3.8, 4) is 11.8 Å². The van der Waals surface area contributed by atoms with Gasteiger partial charge in [0, 0.05) is 29.7 Å². The third-order valence-electron chi connectivity index (χ3n) is 3.44. The predicted octanol–water partition coefficient (Wildman–Crippen LogP) is 3.40. The molecule has 0 saturated heterocycles. The third kappa shape index (κ3) is 4.86. The van der Waals surface area contributed by atoms with Gasteiger partial charge in [-0.1, -0.05) is 5.92 Å². The Morgan fingerprint density at radius 2 is 2.15 bits per heavy atom. The van der Waals surface area contributed by atoms with E-state index in [4.69, 9.17) is 5.41 Å². The smallest absolute Gasteiger partial charge is 0.165 e. The molecule has 136 valence electrons. The number of allylic oxidation sites excluding steroid dienone is 2. The van der Waals surface area contributed by atoms with Crippen LogP contribution in [0.1, 0.15) is 5.56 Å². The maximum Gasteiger partial charge on any atom is 0.165 e. The highest BCUT2D eigenvalue weighted by atomic mass is 32.2. The molecule has 0 bridgehead atoms. The van der Waals surface area contributed by atoms with Gasteiger partial charge in [0.05, 0.1) is 11.3 Å². The van der Waals surface area contributed by atoms with Crippen LogP contribution >= 0.6 is 11.9 Å². The van der Waals surface area contributed by atoms with Gasteiger partial charge >= 0.3 is 0 Å². The van der Waals surface area contributed by atoms with Crippen molar-refractivity contribution in [2.45, 2.75) is 11.1 Å². The second-order valence-electron chi connectivity index (χ2n) is 5.33. The molecule has 0 amide bonds. The Bertz CT molecular complexity index is 948. The molecule has 1 atom stereocenters. The largest absolute Gasteiger partial charge is 0.366 e. The fourth-order valence-corrected chi connectivity index (χ4v) is 2.81. The Morgan fingerprint density at radius 3 is 2.93 bits per heavy atom. The van der Waals surface area contributed by atoms with E-state index in [1.165, 1.54) is 24.1 Å². The quantitative estimate of drug-likeness (QED) is 0.362. The van der Waals surface area contributed by atoms with Crippen LogP contribution in [-0.4, -0.2) is 17.4 Å². The van der Waals surface area contributed by atoms with Crippen molar-refractivity contribution in [2.75, 3.05) is 4.72 Å². The van der Waals surface area contributed by atoms with E-state index < -0.39 is 11.6 Å². The Labute approximate surface area is 159 Å². The van der Waals surface area contributed by atoms with Crippen molar-refractivity contribution in [3.63, 3.8) is 0 Å². The summed E-state index contributed by atoms with van der Waals surface area (Å²) in [6, 6.07) is 6.08. The summed E-state index contributed by atoms with van der Waals surface area (Å²) in [6.45, 7) is 0. The zero-order valence-corrected chi connectivity index (χ0v) is 14.8. The van der Waals surface area contributed by atoms with E-state index in [9.17, 15) is 8.78 Å². The molecule has 2 aromatic rings. The normalized spacial score (nSPS) is 15.3. The molecule has 0 aliphatic carbocycles. The molecule has 27 heavy (non-hydrogen) atoms. The van der Waals surface area contributed by atoms with Crippen LogP contribution in [0.5, 0.6) is 0 Å². The third-order valence-corrected chi connectivity index (χ3v) is 4.24. The van der Waals surface area contributed by atoms with E-state index in [-0.39, 0.29) is 17.4 Å². The zero-order valence-electron chi connectivity index (χ0n) is 14.0. The van der Waals surface area contributed by atoms with E-state index in [0.29, 0.717) is 5.70 Å². The molecule has 1 aromatic carbocycles. The minimum absolute atomic E-state index is 0.132. The SMILES string of the molecule is N=C/C=C\C1NC=C(C#Cc2c(F)ccc(NSc3cccnc3)c2F)N1. The molecule has 2 heterocycles. The van der Waals surface area contributed by atoms with Crippen molar-refractivity contribution >= 4 is 23.8 Å². The average Bonchev–Trinajstić information content (AvgIpc) is 3.14. The first kappa shape index (κ1) is 18.5. The lowest BCUT2D eigenvalue weighted by Crippen LogP contribution is -2.29. The number of nitrogens with zero attached hydrogens (tertiary/aromatic N) is 1. The summed E-state index contributed by atoms with van der Waals surface area (Å²) in [7, 11) is 0. The summed E-state index contributed by atoms with van der Waals surface area (Å²) in [4.78, 5) is 4.77. The monoisotopic (exact) mass is 383 g/mol. The highest BCUT2D eigenvalue weighted by molar-refractivity contribution is 8.00. The minimum Gasteiger partial charge on any atom is -0.366 e. The Balaban J connectivity index is 1.73. The second-order valence-corrected chi connectivity index (χ2v) is 6.20. The van der Waals surface area contributed by atoms with Gasteiger partial charge in [-0.3, -0.25) is 4.98 Å². The first-order valence-electron chi connectivity index (χ1n) is 7.90. The van der Waals surface area contributed by atoms with Crippen LogP contribution in [0.15, 0.2) is 65.6 Å². The standard InChI is InChI=1S/C19H15F2N5S/c20-16-7-8-17(26-27-14-3-2-10-23-12-14)19(21)15(16)6-5-13-11-24-18(25-13)4-1-9-22/h1-4,7-12,18,22,24-26H/b4-1-,22-9?. The fourth-order valence-electron chi connectivity index (χ4n) is 2.16. The van der Waals surface area contributed by atoms with E-state index >= 15 is 0 Å². The van der Waals surface area contributed by atoms with Crippen LogP contribution in [0.2, 0.25) is 0 Å². The van der Waals surface area contributed by atoms with Gasteiger partial charge in [0.2, 0.25) is 0 Å². The van der Waals surface area contributed by atoms with Crippen LogP contribution in [0.4, 0.5) is 14.5 Å². The van der Waals surface area contributed by atoms with Crippen molar-refractivity contribution < 1.29 is 8.78 Å². The van der Waals surface area contributed by atoms with E-state index in [1.807, 2.05) is 6.07 Å². The highest BCUT2D eigenvalue weighted by Crippen LogP contribution is 2.25. The summed E-state index contributed by atoms with van der Waals surface area (Å²) in [5.74, 6) is 3.75. The molecule has 1 aliphatic rings. The lowest BCUT2D eigenvalue weighted by Gasteiger charge is -2.08. The summed E-state index contributed by atoms with van der Waals surface area (Å²) in [6.07, 6.45) is 9.11. The van der Waals surface area contributed by atoms with Crippen molar-refractivity contribution in [1.82, 2.24) is 15.6 Å². The number of benzene rings is 1. The molecular formula is C19H15F2N5S. The van der Waals surface area contributed by atoms with Gasteiger partial charge in [0.15, 0.2) is 5.82 Å².